The Balaban J connectivity index is 2.62. The number of rotatable bonds is 4. The topological polar surface area (TPSA) is 41.1 Å². The van der Waals surface area contributed by atoms with E-state index in [9.17, 15) is 9.18 Å². The maximum absolute atomic E-state index is 13.3. The summed E-state index contributed by atoms with van der Waals surface area (Å²) in [5.74, 6) is -0.356. The van der Waals surface area contributed by atoms with Crippen LogP contribution in [0.5, 0.6) is 0 Å². The van der Waals surface area contributed by atoms with E-state index in [1.807, 2.05) is 6.07 Å². The molecule has 0 fully saturated rings. The van der Waals surface area contributed by atoms with Gasteiger partial charge in [0.25, 0.3) is 0 Å². The van der Waals surface area contributed by atoms with Gasteiger partial charge >= 0.3 is 0 Å². The summed E-state index contributed by atoms with van der Waals surface area (Å²) in [5.41, 5.74) is 0.743. The molecule has 1 aromatic carbocycles. The lowest BCUT2D eigenvalue weighted by molar-refractivity contribution is -0.126. The Morgan fingerprint density at radius 2 is 2.06 bits per heavy atom. The van der Waals surface area contributed by atoms with Crippen LogP contribution in [0.3, 0.4) is 0 Å². The third-order valence-corrected chi connectivity index (χ3v) is 2.88. The molecular formula is C13H19FN2O. The molecular weight excluding hydrogens is 219 g/mol. The third kappa shape index (κ3) is 3.53. The van der Waals surface area contributed by atoms with Crippen LogP contribution in [0.1, 0.15) is 25.0 Å². The molecule has 1 rings (SSSR count). The molecule has 0 bridgehead atoms. The van der Waals surface area contributed by atoms with Gasteiger partial charge in [-0.05, 0) is 45.0 Å². The highest BCUT2D eigenvalue weighted by Gasteiger charge is 2.24. The fourth-order valence-corrected chi connectivity index (χ4v) is 1.26. The first-order valence-corrected chi connectivity index (χ1v) is 5.59. The number of carbonyl (C=O) groups is 1. The van der Waals surface area contributed by atoms with Gasteiger partial charge in [-0.15, -0.1) is 0 Å². The summed E-state index contributed by atoms with van der Waals surface area (Å²) in [6.07, 6.45) is 0. The zero-order chi connectivity index (χ0) is 13.1. The molecule has 0 spiro atoms. The monoisotopic (exact) mass is 238 g/mol. The van der Waals surface area contributed by atoms with Crippen molar-refractivity contribution in [2.24, 2.45) is 0 Å². The minimum Gasteiger partial charge on any atom is -0.350 e. The van der Waals surface area contributed by atoms with Crippen LogP contribution in [0.2, 0.25) is 0 Å². The highest BCUT2D eigenvalue weighted by molar-refractivity contribution is 5.85. The molecule has 1 aromatic rings. The highest BCUT2D eigenvalue weighted by atomic mass is 19.1. The van der Waals surface area contributed by atoms with Crippen LogP contribution in [-0.2, 0) is 11.3 Å². The first-order chi connectivity index (χ1) is 7.86. The van der Waals surface area contributed by atoms with Crippen LogP contribution in [0.4, 0.5) is 4.39 Å². The molecule has 0 heterocycles. The maximum atomic E-state index is 13.3. The molecule has 3 nitrogen and oxygen atoms in total. The molecule has 0 aliphatic heterocycles. The van der Waals surface area contributed by atoms with Gasteiger partial charge in [-0.1, -0.05) is 12.1 Å². The molecule has 0 atom stereocenters. The summed E-state index contributed by atoms with van der Waals surface area (Å²) in [7, 11) is 1.73. The quantitative estimate of drug-likeness (QED) is 0.839. The van der Waals surface area contributed by atoms with Crippen LogP contribution in [-0.4, -0.2) is 18.5 Å². The lowest BCUT2D eigenvalue weighted by atomic mass is 10.0. The number of halogens is 1. The smallest absolute Gasteiger partial charge is 0.239 e. The van der Waals surface area contributed by atoms with E-state index in [0.29, 0.717) is 12.1 Å². The number of nitrogens with one attached hydrogen (secondary N) is 2. The number of hydrogen-bond donors (Lipinski definition) is 2. The Kier molecular flexibility index (Phi) is 4.23. The first-order valence-electron chi connectivity index (χ1n) is 5.59. The molecule has 4 heteroatoms. The number of carbonyl (C=O) groups excluding carboxylic acids is 1. The van der Waals surface area contributed by atoms with Gasteiger partial charge in [0.15, 0.2) is 0 Å². The van der Waals surface area contributed by atoms with Crippen molar-refractivity contribution in [3.05, 3.63) is 35.1 Å². The molecule has 0 unspecified atom stereocenters. The number of hydrogen-bond acceptors (Lipinski definition) is 2. The average Bonchev–Trinajstić information content (AvgIpc) is 2.30. The number of aryl methyl sites for hydroxylation is 1. The lowest BCUT2D eigenvalue weighted by Crippen LogP contribution is -2.50. The number of benzene rings is 1. The van der Waals surface area contributed by atoms with Crippen molar-refractivity contribution < 1.29 is 9.18 Å². The van der Waals surface area contributed by atoms with Crippen molar-refractivity contribution in [2.75, 3.05) is 7.05 Å². The average molecular weight is 238 g/mol. The molecule has 0 aromatic heterocycles. The summed E-state index contributed by atoms with van der Waals surface area (Å²) in [6.45, 7) is 5.62. The second-order valence-corrected chi connectivity index (χ2v) is 4.64. The van der Waals surface area contributed by atoms with E-state index in [4.69, 9.17) is 0 Å². The van der Waals surface area contributed by atoms with Crippen molar-refractivity contribution >= 4 is 5.91 Å². The minimum absolute atomic E-state index is 0.110. The largest absolute Gasteiger partial charge is 0.350 e. The number of amides is 1. The fraction of sp³-hybridized carbons (Fsp3) is 0.462. The van der Waals surface area contributed by atoms with Crippen LogP contribution >= 0.6 is 0 Å². The Morgan fingerprint density at radius 1 is 1.41 bits per heavy atom. The van der Waals surface area contributed by atoms with E-state index in [2.05, 4.69) is 10.6 Å². The Bertz CT molecular complexity index is 416. The normalized spacial score (nSPS) is 11.4. The van der Waals surface area contributed by atoms with Gasteiger partial charge in [-0.25, -0.2) is 4.39 Å². The van der Waals surface area contributed by atoms with E-state index in [1.165, 1.54) is 6.07 Å². The molecule has 1 amide bonds. The van der Waals surface area contributed by atoms with Crippen LogP contribution in [0, 0.1) is 12.7 Å². The van der Waals surface area contributed by atoms with Crippen molar-refractivity contribution in [1.82, 2.24) is 10.6 Å². The highest BCUT2D eigenvalue weighted by Crippen LogP contribution is 2.09. The van der Waals surface area contributed by atoms with Gasteiger partial charge in [-0.3, -0.25) is 4.79 Å². The fourth-order valence-electron chi connectivity index (χ4n) is 1.26. The molecule has 0 aliphatic rings. The lowest BCUT2D eigenvalue weighted by Gasteiger charge is -2.22. The molecule has 2 N–H and O–H groups in total. The standard InChI is InChI=1S/C13H19FN2O/c1-9-5-6-10(7-11(9)14)8-16-12(17)13(2,3)15-4/h5-7,15H,8H2,1-4H3,(H,16,17). The van der Waals surface area contributed by atoms with Gasteiger partial charge in [0.2, 0.25) is 5.91 Å². The summed E-state index contributed by atoms with van der Waals surface area (Å²) < 4.78 is 13.3. The summed E-state index contributed by atoms with van der Waals surface area (Å²) in [5, 5.41) is 5.68. The van der Waals surface area contributed by atoms with Crippen molar-refractivity contribution in [1.29, 1.82) is 0 Å². The zero-order valence-corrected chi connectivity index (χ0v) is 10.7. The van der Waals surface area contributed by atoms with Crippen LogP contribution in [0.15, 0.2) is 18.2 Å². The van der Waals surface area contributed by atoms with Gasteiger partial charge in [-0.2, -0.15) is 0 Å². The summed E-state index contributed by atoms with van der Waals surface area (Å²) >= 11 is 0. The van der Waals surface area contributed by atoms with E-state index in [0.717, 1.165) is 5.56 Å². The van der Waals surface area contributed by atoms with E-state index in [1.54, 1.807) is 33.9 Å². The summed E-state index contributed by atoms with van der Waals surface area (Å²) in [4.78, 5) is 11.8. The molecule has 0 radical (unpaired) electrons. The maximum Gasteiger partial charge on any atom is 0.239 e. The Hall–Kier alpha value is -1.42. The molecule has 17 heavy (non-hydrogen) atoms. The zero-order valence-electron chi connectivity index (χ0n) is 10.7. The van der Waals surface area contributed by atoms with Crippen molar-refractivity contribution in [3.8, 4) is 0 Å². The van der Waals surface area contributed by atoms with Gasteiger partial charge < -0.3 is 10.6 Å². The molecule has 0 aliphatic carbocycles. The molecule has 0 saturated heterocycles. The summed E-state index contributed by atoms with van der Waals surface area (Å²) in [6, 6.07) is 4.97. The van der Waals surface area contributed by atoms with Crippen LogP contribution in [0.25, 0.3) is 0 Å². The Labute approximate surface area is 101 Å². The van der Waals surface area contributed by atoms with Gasteiger partial charge in [0, 0.05) is 6.54 Å². The van der Waals surface area contributed by atoms with Gasteiger partial charge in [0.1, 0.15) is 5.82 Å². The number of likely N-dealkylation sites (N-methyl/N-ethyl adjacent to an activating group) is 1. The van der Waals surface area contributed by atoms with E-state index >= 15 is 0 Å². The second kappa shape index (κ2) is 5.27. The van der Waals surface area contributed by atoms with E-state index in [-0.39, 0.29) is 11.7 Å². The predicted molar refractivity (Wildman–Crippen MR) is 66.1 cm³/mol. The van der Waals surface area contributed by atoms with Crippen molar-refractivity contribution in [2.45, 2.75) is 32.9 Å². The minimum atomic E-state index is -0.622. The van der Waals surface area contributed by atoms with Crippen LogP contribution < -0.4 is 10.6 Å². The molecule has 94 valence electrons. The van der Waals surface area contributed by atoms with E-state index < -0.39 is 5.54 Å². The Morgan fingerprint density at radius 3 is 2.59 bits per heavy atom. The SMILES string of the molecule is CNC(C)(C)C(=O)NCc1ccc(C)c(F)c1. The van der Waals surface area contributed by atoms with Gasteiger partial charge in [0.05, 0.1) is 5.54 Å². The van der Waals surface area contributed by atoms with Crippen molar-refractivity contribution in [3.63, 3.8) is 0 Å². The third-order valence-electron chi connectivity index (χ3n) is 2.88. The predicted octanol–water partition coefficient (Wildman–Crippen LogP) is 1.75. The first kappa shape index (κ1) is 13.6. The second-order valence-electron chi connectivity index (χ2n) is 4.64. The molecule has 0 saturated carbocycles.